The molecule has 126 valence electrons. The minimum atomic E-state index is -0.209. The highest BCUT2D eigenvalue weighted by Crippen LogP contribution is 2.25. The van der Waals surface area contributed by atoms with E-state index in [9.17, 15) is 4.79 Å². The van der Waals surface area contributed by atoms with E-state index in [4.69, 9.17) is 0 Å². The molecule has 24 heavy (non-hydrogen) atoms. The third-order valence-corrected chi connectivity index (χ3v) is 4.82. The molecule has 0 aliphatic rings. The maximum absolute atomic E-state index is 12.6. The highest BCUT2D eigenvalue weighted by Gasteiger charge is 2.18. The van der Waals surface area contributed by atoms with Gasteiger partial charge >= 0.3 is 0 Å². The molecule has 0 saturated carbocycles. The standard InChI is InChI=1S/C17H21N5OS/c1-4-13(5-2)22-16(11(3)9-18-22)19-17(23)15-8-14(20-21-15)12-6-7-24-10-12/h6-10,13H,4-5H2,1-3H3,(H,19,23)(H,20,21). The van der Waals surface area contributed by atoms with E-state index in [1.807, 2.05) is 28.4 Å². The van der Waals surface area contributed by atoms with Gasteiger partial charge in [0.2, 0.25) is 0 Å². The van der Waals surface area contributed by atoms with Gasteiger partial charge in [-0.2, -0.15) is 21.5 Å². The van der Waals surface area contributed by atoms with E-state index < -0.39 is 0 Å². The van der Waals surface area contributed by atoms with E-state index >= 15 is 0 Å². The summed E-state index contributed by atoms with van der Waals surface area (Å²) in [7, 11) is 0. The Morgan fingerprint density at radius 3 is 2.88 bits per heavy atom. The lowest BCUT2D eigenvalue weighted by molar-refractivity contribution is 0.102. The van der Waals surface area contributed by atoms with Crippen molar-refractivity contribution in [3.63, 3.8) is 0 Å². The van der Waals surface area contributed by atoms with Gasteiger partial charge in [0.05, 0.1) is 17.9 Å². The molecule has 0 aliphatic carbocycles. The number of rotatable bonds is 6. The summed E-state index contributed by atoms with van der Waals surface area (Å²) in [4.78, 5) is 12.6. The third kappa shape index (κ3) is 3.12. The van der Waals surface area contributed by atoms with Crippen molar-refractivity contribution in [1.82, 2.24) is 20.0 Å². The van der Waals surface area contributed by atoms with Gasteiger partial charge in [0.25, 0.3) is 5.91 Å². The number of nitrogens with one attached hydrogen (secondary N) is 2. The summed E-state index contributed by atoms with van der Waals surface area (Å²) >= 11 is 1.60. The van der Waals surface area contributed by atoms with Crippen molar-refractivity contribution in [3.05, 3.63) is 40.3 Å². The largest absolute Gasteiger partial charge is 0.305 e. The average Bonchev–Trinajstić information content (AvgIpc) is 3.31. The zero-order valence-electron chi connectivity index (χ0n) is 14.0. The number of aromatic nitrogens is 4. The normalized spacial score (nSPS) is 11.2. The predicted octanol–water partition coefficient (Wildman–Crippen LogP) is 4.26. The average molecular weight is 343 g/mol. The summed E-state index contributed by atoms with van der Waals surface area (Å²) in [6.45, 7) is 6.20. The highest BCUT2D eigenvalue weighted by molar-refractivity contribution is 7.08. The molecule has 0 radical (unpaired) electrons. The minimum absolute atomic E-state index is 0.209. The first kappa shape index (κ1) is 16.4. The second-order valence-corrected chi connectivity index (χ2v) is 6.50. The fraction of sp³-hybridized carbons (Fsp3) is 0.353. The number of thiophene rings is 1. The van der Waals surface area contributed by atoms with Gasteiger partial charge in [-0.1, -0.05) is 13.8 Å². The summed E-state index contributed by atoms with van der Waals surface area (Å²) in [6.07, 6.45) is 3.72. The van der Waals surface area contributed by atoms with Crippen LogP contribution in [-0.2, 0) is 0 Å². The molecule has 3 aromatic rings. The lowest BCUT2D eigenvalue weighted by Crippen LogP contribution is -2.19. The van der Waals surface area contributed by atoms with Crippen LogP contribution < -0.4 is 5.32 Å². The number of carbonyl (C=O) groups is 1. The summed E-state index contributed by atoms with van der Waals surface area (Å²) in [5, 5.41) is 18.4. The predicted molar refractivity (Wildman–Crippen MR) is 96.4 cm³/mol. The molecular weight excluding hydrogens is 322 g/mol. The van der Waals surface area contributed by atoms with Crippen molar-refractivity contribution in [2.45, 2.75) is 39.7 Å². The SMILES string of the molecule is CCC(CC)n1ncc(C)c1NC(=O)c1cc(-c2ccsc2)n[nH]1. The van der Waals surface area contributed by atoms with E-state index in [0.29, 0.717) is 5.69 Å². The summed E-state index contributed by atoms with van der Waals surface area (Å²) in [6, 6.07) is 4.02. The molecule has 0 bridgehead atoms. The van der Waals surface area contributed by atoms with Gasteiger partial charge in [-0.25, -0.2) is 4.68 Å². The lowest BCUT2D eigenvalue weighted by atomic mass is 10.2. The molecule has 0 unspecified atom stereocenters. The van der Waals surface area contributed by atoms with Gasteiger partial charge in [0.1, 0.15) is 11.5 Å². The lowest BCUT2D eigenvalue weighted by Gasteiger charge is -2.17. The molecule has 3 rings (SSSR count). The molecule has 0 spiro atoms. The van der Waals surface area contributed by atoms with Gasteiger partial charge in [-0.15, -0.1) is 0 Å². The van der Waals surface area contributed by atoms with Crippen molar-refractivity contribution < 1.29 is 4.79 Å². The Morgan fingerprint density at radius 1 is 1.42 bits per heavy atom. The highest BCUT2D eigenvalue weighted by atomic mass is 32.1. The van der Waals surface area contributed by atoms with Crippen molar-refractivity contribution in [2.24, 2.45) is 0 Å². The van der Waals surface area contributed by atoms with Crippen LogP contribution in [-0.4, -0.2) is 25.9 Å². The molecule has 0 saturated heterocycles. The second kappa shape index (κ2) is 7.00. The summed E-state index contributed by atoms with van der Waals surface area (Å²) < 4.78 is 1.91. The van der Waals surface area contributed by atoms with E-state index in [-0.39, 0.29) is 11.9 Å². The number of hydrogen-bond donors (Lipinski definition) is 2. The molecule has 7 heteroatoms. The number of anilines is 1. The number of aryl methyl sites for hydroxylation is 1. The van der Waals surface area contributed by atoms with Crippen LogP contribution in [0.2, 0.25) is 0 Å². The van der Waals surface area contributed by atoms with E-state index in [0.717, 1.165) is 35.5 Å². The smallest absolute Gasteiger partial charge is 0.274 e. The minimum Gasteiger partial charge on any atom is -0.305 e. The molecule has 0 atom stereocenters. The Kier molecular flexibility index (Phi) is 4.80. The van der Waals surface area contributed by atoms with E-state index in [2.05, 4.69) is 34.5 Å². The van der Waals surface area contributed by atoms with E-state index in [1.54, 1.807) is 23.6 Å². The molecule has 3 aromatic heterocycles. The van der Waals surface area contributed by atoms with Crippen molar-refractivity contribution in [1.29, 1.82) is 0 Å². The number of hydrogen-bond acceptors (Lipinski definition) is 4. The zero-order chi connectivity index (χ0) is 17.1. The number of amides is 1. The van der Waals surface area contributed by atoms with Gasteiger partial charge in [0.15, 0.2) is 0 Å². The number of nitrogens with zero attached hydrogens (tertiary/aromatic N) is 3. The molecule has 0 aromatic carbocycles. The first-order valence-electron chi connectivity index (χ1n) is 8.07. The van der Waals surface area contributed by atoms with Crippen LogP contribution in [0.25, 0.3) is 11.3 Å². The Hall–Kier alpha value is -2.41. The Labute approximate surface area is 144 Å². The maximum atomic E-state index is 12.6. The first-order valence-corrected chi connectivity index (χ1v) is 9.01. The molecule has 1 amide bonds. The van der Waals surface area contributed by atoms with Crippen molar-refractivity contribution in [2.75, 3.05) is 5.32 Å². The first-order chi connectivity index (χ1) is 11.6. The third-order valence-electron chi connectivity index (χ3n) is 4.14. The second-order valence-electron chi connectivity index (χ2n) is 5.72. The van der Waals surface area contributed by atoms with Gasteiger partial charge in [0, 0.05) is 16.5 Å². The molecule has 3 heterocycles. The van der Waals surface area contributed by atoms with Crippen LogP contribution in [0.15, 0.2) is 29.1 Å². The maximum Gasteiger partial charge on any atom is 0.274 e. The van der Waals surface area contributed by atoms with E-state index in [1.165, 1.54) is 0 Å². The van der Waals surface area contributed by atoms with Gasteiger partial charge in [-0.3, -0.25) is 9.89 Å². The number of H-pyrrole nitrogens is 1. The van der Waals surface area contributed by atoms with Gasteiger partial charge in [-0.05, 0) is 37.3 Å². The monoisotopic (exact) mass is 343 g/mol. The summed E-state index contributed by atoms with van der Waals surface area (Å²) in [5.74, 6) is 0.542. The topological polar surface area (TPSA) is 75.6 Å². The Morgan fingerprint density at radius 2 is 2.21 bits per heavy atom. The number of aromatic amines is 1. The summed E-state index contributed by atoms with van der Waals surface area (Å²) in [5.41, 5.74) is 3.17. The Bertz CT molecular complexity index is 814. The van der Waals surface area contributed by atoms with Crippen LogP contribution in [0.1, 0.15) is 48.8 Å². The molecular formula is C17H21N5OS. The van der Waals surface area contributed by atoms with Crippen LogP contribution >= 0.6 is 11.3 Å². The van der Waals surface area contributed by atoms with Crippen molar-refractivity contribution in [3.8, 4) is 11.3 Å². The fourth-order valence-corrected chi connectivity index (χ4v) is 3.34. The fourth-order valence-electron chi connectivity index (χ4n) is 2.69. The zero-order valence-corrected chi connectivity index (χ0v) is 14.9. The van der Waals surface area contributed by atoms with Crippen LogP contribution in [0, 0.1) is 6.92 Å². The van der Waals surface area contributed by atoms with Crippen LogP contribution in [0.4, 0.5) is 5.82 Å². The molecule has 2 N–H and O–H groups in total. The Balaban J connectivity index is 1.82. The van der Waals surface area contributed by atoms with Crippen molar-refractivity contribution >= 4 is 23.1 Å². The van der Waals surface area contributed by atoms with Gasteiger partial charge < -0.3 is 5.32 Å². The quantitative estimate of drug-likeness (QED) is 0.702. The van der Waals surface area contributed by atoms with Crippen LogP contribution in [0.5, 0.6) is 0 Å². The number of carbonyl (C=O) groups excluding carboxylic acids is 1. The molecule has 6 nitrogen and oxygen atoms in total. The molecule has 0 fully saturated rings. The molecule has 0 aliphatic heterocycles. The van der Waals surface area contributed by atoms with Crippen LogP contribution in [0.3, 0.4) is 0 Å².